The Bertz CT molecular complexity index is 1310. The first-order valence-corrected chi connectivity index (χ1v) is 13.0. The van der Waals surface area contributed by atoms with Gasteiger partial charge in [0.25, 0.3) is 5.56 Å². The van der Waals surface area contributed by atoms with Gasteiger partial charge in [-0.3, -0.25) is 9.36 Å². The molecule has 0 aliphatic carbocycles. The molecule has 0 atom stereocenters. The number of benzene rings is 2. The van der Waals surface area contributed by atoms with Crippen molar-refractivity contribution in [1.82, 2.24) is 14.5 Å². The summed E-state index contributed by atoms with van der Waals surface area (Å²) in [6, 6.07) is 14.9. The predicted octanol–water partition coefficient (Wildman–Crippen LogP) is 6.02. The maximum atomic E-state index is 13.7. The van der Waals surface area contributed by atoms with Gasteiger partial charge in [-0.15, -0.1) is 24.8 Å². The second-order valence-electron chi connectivity index (χ2n) is 9.81. The summed E-state index contributed by atoms with van der Waals surface area (Å²) in [6.45, 7) is 5.51. The topological polar surface area (TPSA) is 47.4 Å². The first-order valence-electron chi connectivity index (χ1n) is 13.0. The molecule has 2 aromatic carbocycles. The van der Waals surface area contributed by atoms with E-state index in [1.807, 2.05) is 35.8 Å². The number of likely N-dealkylation sites (tertiary alicyclic amines) is 1. The minimum atomic E-state index is -0.226. The van der Waals surface area contributed by atoms with E-state index in [1.165, 1.54) is 23.3 Å². The van der Waals surface area contributed by atoms with E-state index in [4.69, 9.17) is 9.72 Å². The SMILES string of the molecule is COc1ccc(C(=C2CCN(CCc3c(C)nc4n(c3=O)CCCC4)CC2)c2ccc(F)cc2)cc1.Cl.Cl. The Morgan fingerprint density at radius 2 is 1.55 bits per heavy atom. The van der Waals surface area contributed by atoms with Crippen molar-refractivity contribution < 1.29 is 9.13 Å². The van der Waals surface area contributed by atoms with Crippen LogP contribution in [0.3, 0.4) is 0 Å². The number of fused-ring (bicyclic) bond motifs is 1. The van der Waals surface area contributed by atoms with E-state index in [-0.39, 0.29) is 36.2 Å². The highest BCUT2D eigenvalue weighted by atomic mass is 35.5. The maximum absolute atomic E-state index is 13.7. The molecule has 1 fully saturated rings. The molecule has 38 heavy (non-hydrogen) atoms. The fourth-order valence-electron chi connectivity index (χ4n) is 5.53. The minimum Gasteiger partial charge on any atom is -0.497 e. The standard InChI is InChI=1S/C30H34FN3O2.2ClH/c1-21-27(30(35)34-17-4-3-5-28(34)32-21)16-20-33-18-14-24(15-19-33)29(22-6-10-25(31)11-7-22)23-8-12-26(36-2)13-9-23;;/h6-13H,3-5,14-20H2,1-2H3;2*1H. The first kappa shape index (κ1) is 29.9. The number of nitrogens with zero attached hydrogens (tertiary/aromatic N) is 3. The number of hydrogen-bond acceptors (Lipinski definition) is 4. The number of piperidine rings is 1. The molecule has 3 aromatic rings. The van der Waals surface area contributed by atoms with Crippen molar-refractivity contribution in [3.63, 3.8) is 0 Å². The quantitative estimate of drug-likeness (QED) is 0.370. The van der Waals surface area contributed by atoms with Crippen LogP contribution >= 0.6 is 24.8 Å². The summed E-state index contributed by atoms with van der Waals surface area (Å²) in [5.41, 5.74) is 6.65. The fraction of sp³-hybridized carbons (Fsp3) is 0.400. The van der Waals surface area contributed by atoms with Crippen LogP contribution in [0.25, 0.3) is 5.57 Å². The van der Waals surface area contributed by atoms with E-state index in [0.717, 1.165) is 98.7 Å². The van der Waals surface area contributed by atoms with Gasteiger partial charge >= 0.3 is 0 Å². The van der Waals surface area contributed by atoms with E-state index in [0.29, 0.717) is 0 Å². The third-order valence-electron chi connectivity index (χ3n) is 7.58. The molecule has 0 bridgehead atoms. The average molecular weight is 561 g/mol. The van der Waals surface area contributed by atoms with Gasteiger partial charge in [0.2, 0.25) is 0 Å². The Morgan fingerprint density at radius 3 is 2.18 bits per heavy atom. The molecule has 0 radical (unpaired) electrons. The Balaban J connectivity index is 0.00000200. The lowest BCUT2D eigenvalue weighted by Crippen LogP contribution is -2.36. The van der Waals surface area contributed by atoms with Gasteiger partial charge in [-0.25, -0.2) is 9.37 Å². The first-order chi connectivity index (χ1) is 17.5. The monoisotopic (exact) mass is 559 g/mol. The van der Waals surface area contributed by atoms with Crippen molar-refractivity contribution in [2.24, 2.45) is 0 Å². The van der Waals surface area contributed by atoms with Gasteiger partial charge in [0.05, 0.1) is 7.11 Å². The van der Waals surface area contributed by atoms with Crippen molar-refractivity contribution in [2.45, 2.75) is 52.0 Å². The second kappa shape index (κ2) is 13.4. The van der Waals surface area contributed by atoms with Crippen LogP contribution < -0.4 is 10.3 Å². The highest BCUT2D eigenvalue weighted by Crippen LogP contribution is 2.33. The van der Waals surface area contributed by atoms with Crippen LogP contribution in [0.4, 0.5) is 4.39 Å². The summed E-state index contributed by atoms with van der Waals surface area (Å²) in [6.07, 6.45) is 5.70. The van der Waals surface area contributed by atoms with Crippen LogP contribution in [0.2, 0.25) is 0 Å². The third kappa shape index (κ3) is 6.48. The second-order valence-corrected chi connectivity index (χ2v) is 9.81. The Hall–Kier alpha value is -2.67. The summed E-state index contributed by atoms with van der Waals surface area (Å²) >= 11 is 0. The zero-order chi connectivity index (χ0) is 25.1. The lowest BCUT2D eigenvalue weighted by atomic mass is 9.88. The van der Waals surface area contributed by atoms with Crippen LogP contribution in [0, 0.1) is 12.7 Å². The molecule has 5 rings (SSSR count). The van der Waals surface area contributed by atoms with Gasteiger partial charge in [-0.2, -0.15) is 0 Å². The molecule has 1 aromatic heterocycles. The number of hydrogen-bond donors (Lipinski definition) is 0. The van der Waals surface area contributed by atoms with Crippen molar-refractivity contribution in [1.29, 1.82) is 0 Å². The Labute approximate surface area is 236 Å². The smallest absolute Gasteiger partial charge is 0.256 e. The highest BCUT2D eigenvalue weighted by Gasteiger charge is 2.21. The fourth-order valence-corrected chi connectivity index (χ4v) is 5.53. The zero-order valence-electron chi connectivity index (χ0n) is 22.0. The van der Waals surface area contributed by atoms with Gasteiger partial charge in [-0.05, 0) is 80.0 Å². The molecule has 5 nitrogen and oxygen atoms in total. The molecule has 0 amide bonds. The van der Waals surface area contributed by atoms with Gasteiger partial charge in [-0.1, -0.05) is 29.8 Å². The number of aromatic nitrogens is 2. The summed E-state index contributed by atoms with van der Waals surface area (Å²) in [7, 11) is 1.67. The Morgan fingerprint density at radius 1 is 0.921 bits per heavy atom. The number of methoxy groups -OCH3 is 1. The van der Waals surface area contributed by atoms with Crippen molar-refractivity contribution >= 4 is 30.4 Å². The molecular formula is C30H36Cl2FN3O2. The maximum Gasteiger partial charge on any atom is 0.256 e. The minimum absolute atomic E-state index is 0. The lowest BCUT2D eigenvalue weighted by molar-refractivity contribution is 0.259. The van der Waals surface area contributed by atoms with E-state index >= 15 is 0 Å². The van der Waals surface area contributed by atoms with Crippen LogP contribution in [0.1, 0.15) is 53.9 Å². The normalized spacial score (nSPS) is 15.2. The van der Waals surface area contributed by atoms with Crippen molar-refractivity contribution in [3.05, 3.63) is 98.5 Å². The molecule has 2 aliphatic heterocycles. The van der Waals surface area contributed by atoms with Crippen molar-refractivity contribution in [3.8, 4) is 5.75 Å². The van der Waals surface area contributed by atoms with Crippen LogP contribution in [0.5, 0.6) is 5.75 Å². The van der Waals surface area contributed by atoms with Gasteiger partial charge < -0.3 is 9.64 Å². The van der Waals surface area contributed by atoms with E-state index in [2.05, 4.69) is 17.0 Å². The average Bonchev–Trinajstić information content (AvgIpc) is 2.91. The molecule has 0 N–H and O–H groups in total. The molecule has 0 unspecified atom stereocenters. The van der Waals surface area contributed by atoms with E-state index < -0.39 is 0 Å². The molecule has 0 saturated carbocycles. The lowest BCUT2D eigenvalue weighted by Gasteiger charge is -2.30. The number of rotatable bonds is 6. The number of halogens is 3. The zero-order valence-corrected chi connectivity index (χ0v) is 23.7. The molecule has 0 spiro atoms. The van der Waals surface area contributed by atoms with Crippen LogP contribution in [-0.4, -0.2) is 41.2 Å². The molecule has 8 heteroatoms. The van der Waals surface area contributed by atoms with Gasteiger partial charge in [0, 0.05) is 43.9 Å². The third-order valence-corrected chi connectivity index (χ3v) is 7.58. The van der Waals surface area contributed by atoms with Crippen LogP contribution in [-0.2, 0) is 19.4 Å². The largest absolute Gasteiger partial charge is 0.497 e. The molecule has 3 heterocycles. The predicted molar refractivity (Wildman–Crippen MR) is 155 cm³/mol. The van der Waals surface area contributed by atoms with E-state index in [9.17, 15) is 9.18 Å². The van der Waals surface area contributed by atoms with Crippen LogP contribution in [0.15, 0.2) is 58.9 Å². The molecule has 1 saturated heterocycles. The van der Waals surface area contributed by atoms with Crippen molar-refractivity contribution in [2.75, 3.05) is 26.7 Å². The molecule has 2 aliphatic rings. The summed E-state index contributed by atoms with van der Waals surface area (Å²) in [4.78, 5) is 20.3. The Kier molecular flexibility index (Phi) is 10.5. The summed E-state index contributed by atoms with van der Waals surface area (Å²) < 4.78 is 20.9. The molecule has 204 valence electrons. The molecular weight excluding hydrogens is 524 g/mol. The van der Waals surface area contributed by atoms with Gasteiger partial charge in [0.1, 0.15) is 17.4 Å². The highest BCUT2D eigenvalue weighted by molar-refractivity contribution is 5.85. The summed E-state index contributed by atoms with van der Waals surface area (Å²) in [5, 5.41) is 0. The van der Waals surface area contributed by atoms with E-state index in [1.54, 1.807) is 7.11 Å². The number of aryl methyl sites for hydroxylation is 2. The number of ether oxygens (including phenoxy) is 1. The van der Waals surface area contributed by atoms with Gasteiger partial charge in [0.15, 0.2) is 0 Å². The summed E-state index contributed by atoms with van der Waals surface area (Å²) in [5.74, 6) is 1.54.